The summed E-state index contributed by atoms with van der Waals surface area (Å²) < 4.78 is 5.96. The molecule has 0 saturated heterocycles. The van der Waals surface area contributed by atoms with Crippen molar-refractivity contribution in [3.63, 3.8) is 0 Å². The Kier molecular flexibility index (Phi) is 7.67. The van der Waals surface area contributed by atoms with Gasteiger partial charge in [0.15, 0.2) is 0 Å². The fourth-order valence-electron chi connectivity index (χ4n) is 4.52. The number of carbonyl (C=O) groups is 1. The van der Waals surface area contributed by atoms with Crippen molar-refractivity contribution in [1.82, 2.24) is 4.90 Å². The van der Waals surface area contributed by atoms with E-state index < -0.39 is 5.97 Å². The van der Waals surface area contributed by atoms with E-state index >= 15 is 0 Å². The van der Waals surface area contributed by atoms with Crippen LogP contribution in [0.5, 0.6) is 5.75 Å². The maximum atomic E-state index is 11.1. The van der Waals surface area contributed by atoms with Crippen molar-refractivity contribution in [2.75, 3.05) is 6.54 Å². The van der Waals surface area contributed by atoms with Crippen molar-refractivity contribution in [1.29, 1.82) is 0 Å². The number of aliphatic carboxylic acids is 1. The number of rotatable bonds is 8. The quantitative estimate of drug-likeness (QED) is 0.427. The van der Waals surface area contributed by atoms with Gasteiger partial charge in [-0.15, -0.1) is 5.92 Å². The second-order valence-corrected chi connectivity index (χ2v) is 8.81. The van der Waals surface area contributed by atoms with Crippen molar-refractivity contribution in [2.24, 2.45) is 0 Å². The standard InChI is InChI=1S/C30H31NO3/c1-3-6-27(19-30(32)33)26-13-15-29(16-14-26)34-21-23-9-11-24(12-10-23)22(2)31-18-17-25-7-4-5-8-28(25)20-31/h4-5,7-16,22,27H,17-21H2,1-2H3,(H,32,33)/t22?,27-/m0/s1. The van der Waals surface area contributed by atoms with Gasteiger partial charge in [0.1, 0.15) is 12.4 Å². The van der Waals surface area contributed by atoms with Crippen LogP contribution in [0.4, 0.5) is 0 Å². The summed E-state index contributed by atoms with van der Waals surface area (Å²) in [4.78, 5) is 13.6. The molecule has 0 saturated carbocycles. The van der Waals surface area contributed by atoms with Gasteiger partial charge in [0.25, 0.3) is 0 Å². The molecule has 1 heterocycles. The first-order chi connectivity index (χ1) is 16.5. The Hall–Kier alpha value is -3.55. The fourth-order valence-corrected chi connectivity index (χ4v) is 4.52. The summed E-state index contributed by atoms with van der Waals surface area (Å²) in [5.74, 6) is 5.40. The smallest absolute Gasteiger partial charge is 0.304 e. The van der Waals surface area contributed by atoms with Crippen LogP contribution in [0.15, 0.2) is 72.8 Å². The molecular weight excluding hydrogens is 422 g/mol. The molecule has 4 heteroatoms. The predicted octanol–water partition coefficient (Wildman–Crippen LogP) is 5.97. The third kappa shape index (κ3) is 5.87. The van der Waals surface area contributed by atoms with Gasteiger partial charge in [-0.2, -0.15) is 0 Å². The number of carboxylic acid groups (broad SMARTS) is 1. The van der Waals surface area contributed by atoms with Crippen molar-refractivity contribution >= 4 is 5.97 Å². The Morgan fingerprint density at radius 2 is 1.68 bits per heavy atom. The average molecular weight is 454 g/mol. The van der Waals surface area contributed by atoms with E-state index in [-0.39, 0.29) is 12.3 Å². The van der Waals surface area contributed by atoms with E-state index in [0.29, 0.717) is 12.6 Å². The van der Waals surface area contributed by atoms with Crippen LogP contribution in [-0.4, -0.2) is 22.5 Å². The Morgan fingerprint density at radius 1 is 1.00 bits per heavy atom. The van der Waals surface area contributed by atoms with Crippen LogP contribution >= 0.6 is 0 Å². The molecule has 1 aliphatic heterocycles. The molecule has 1 aliphatic rings. The van der Waals surface area contributed by atoms with Crippen LogP contribution in [0.3, 0.4) is 0 Å². The first-order valence-corrected chi connectivity index (χ1v) is 11.8. The molecule has 3 aromatic rings. The Bertz CT molecular complexity index is 1170. The van der Waals surface area contributed by atoms with Gasteiger partial charge < -0.3 is 9.84 Å². The minimum Gasteiger partial charge on any atom is -0.489 e. The Balaban J connectivity index is 1.33. The number of nitrogens with zero attached hydrogens (tertiary/aromatic N) is 1. The highest BCUT2D eigenvalue weighted by molar-refractivity contribution is 5.69. The lowest BCUT2D eigenvalue weighted by Crippen LogP contribution is -2.32. The molecule has 2 atom stereocenters. The highest BCUT2D eigenvalue weighted by Crippen LogP contribution is 2.28. The van der Waals surface area contributed by atoms with E-state index in [1.165, 1.54) is 16.7 Å². The summed E-state index contributed by atoms with van der Waals surface area (Å²) >= 11 is 0. The zero-order chi connectivity index (χ0) is 23.9. The zero-order valence-electron chi connectivity index (χ0n) is 19.8. The number of hydrogen-bond acceptors (Lipinski definition) is 3. The fraction of sp³-hybridized carbons (Fsp3) is 0.300. The number of carboxylic acids is 1. The van der Waals surface area contributed by atoms with E-state index in [4.69, 9.17) is 9.84 Å². The molecule has 0 amide bonds. The van der Waals surface area contributed by atoms with Crippen molar-refractivity contribution in [2.45, 2.75) is 51.8 Å². The molecule has 34 heavy (non-hydrogen) atoms. The van der Waals surface area contributed by atoms with Crippen molar-refractivity contribution in [3.8, 4) is 17.6 Å². The molecule has 0 bridgehead atoms. The summed E-state index contributed by atoms with van der Waals surface area (Å²) in [7, 11) is 0. The first-order valence-electron chi connectivity index (χ1n) is 11.8. The summed E-state index contributed by atoms with van der Waals surface area (Å²) in [5, 5.41) is 9.11. The molecular formula is C30H31NO3. The monoisotopic (exact) mass is 453 g/mol. The van der Waals surface area contributed by atoms with Crippen LogP contribution in [0.1, 0.15) is 60.0 Å². The Morgan fingerprint density at radius 3 is 2.35 bits per heavy atom. The van der Waals surface area contributed by atoms with E-state index in [1.54, 1.807) is 6.92 Å². The molecule has 3 aromatic carbocycles. The van der Waals surface area contributed by atoms with Gasteiger partial charge in [-0.3, -0.25) is 9.69 Å². The number of benzene rings is 3. The van der Waals surface area contributed by atoms with E-state index in [9.17, 15) is 4.79 Å². The molecule has 0 radical (unpaired) electrons. The van der Waals surface area contributed by atoms with Gasteiger partial charge in [-0.05, 0) is 60.2 Å². The van der Waals surface area contributed by atoms with Gasteiger partial charge in [0.05, 0.1) is 12.3 Å². The molecule has 1 unspecified atom stereocenters. The van der Waals surface area contributed by atoms with Gasteiger partial charge in [-0.1, -0.05) is 66.6 Å². The largest absolute Gasteiger partial charge is 0.489 e. The maximum Gasteiger partial charge on any atom is 0.304 e. The number of ether oxygens (including phenoxy) is 1. The molecule has 4 rings (SSSR count). The van der Waals surface area contributed by atoms with Gasteiger partial charge >= 0.3 is 5.97 Å². The SMILES string of the molecule is CC#C[C@@H](CC(=O)O)c1ccc(OCc2ccc(C(C)N3CCc4ccccc4C3)cc2)cc1. The molecule has 0 aliphatic carbocycles. The van der Waals surface area contributed by atoms with Crippen LogP contribution in [0, 0.1) is 11.8 Å². The second kappa shape index (κ2) is 11.0. The van der Waals surface area contributed by atoms with E-state index in [2.05, 4.69) is 72.2 Å². The van der Waals surface area contributed by atoms with Gasteiger partial charge in [-0.25, -0.2) is 0 Å². The van der Waals surface area contributed by atoms with Gasteiger partial charge in [0, 0.05) is 19.1 Å². The summed E-state index contributed by atoms with van der Waals surface area (Å²) in [6.45, 7) is 6.56. The lowest BCUT2D eigenvalue weighted by Gasteiger charge is -2.34. The molecule has 0 spiro atoms. The van der Waals surface area contributed by atoms with E-state index in [1.807, 2.05) is 24.3 Å². The molecule has 4 nitrogen and oxygen atoms in total. The van der Waals surface area contributed by atoms with Crippen LogP contribution in [0.2, 0.25) is 0 Å². The van der Waals surface area contributed by atoms with Gasteiger partial charge in [0.2, 0.25) is 0 Å². The summed E-state index contributed by atoms with van der Waals surface area (Å²) in [6, 6.07) is 25.3. The first kappa shape index (κ1) is 23.6. The highest BCUT2D eigenvalue weighted by Gasteiger charge is 2.21. The highest BCUT2D eigenvalue weighted by atomic mass is 16.5. The number of fused-ring (bicyclic) bond motifs is 1. The summed E-state index contributed by atoms with van der Waals surface area (Å²) in [5.41, 5.74) is 6.23. The lowest BCUT2D eigenvalue weighted by molar-refractivity contribution is -0.137. The minimum atomic E-state index is -0.851. The minimum absolute atomic E-state index is 0.00421. The van der Waals surface area contributed by atoms with Crippen molar-refractivity contribution in [3.05, 3.63) is 101 Å². The predicted molar refractivity (Wildman–Crippen MR) is 135 cm³/mol. The normalized spacial score (nSPS) is 14.9. The Labute approximate surface area is 202 Å². The van der Waals surface area contributed by atoms with E-state index in [0.717, 1.165) is 36.4 Å². The third-order valence-corrected chi connectivity index (χ3v) is 6.56. The van der Waals surface area contributed by atoms with Crippen LogP contribution in [-0.2, 0) is 24.4 Å². The van der Waals surface area contributed by atoms with Crippen molar-refractivity contribution < 1.29 is 14.6 Å². The zero-order valence-corrected chi connectivity index (χ0v) is 19.8. The average Bonchev–Trinajstić information content (AvgIpc) is 2.87. The van der Waals surface area contributed by atoms with Crippen LogP contribution in [0.25, 0.3) is 0 Å². The molecule has 0 fully saturated rings. The van der Waals surface area contributed by atoms with Crippen LogP contribution < -0.4 is 4.74 Å². The number of hydrogen-bond donors (Lipinski definition) is 1. The third-order valence-electron chi connectivity index (χ3n) is 6.56. The second-order valence-electron chi connectivity index (χ2n) is 8.81. The lowest BCUT2D eigenvalue weighted by atomic mass is 9.96. The molecule has 1 N–H and O–H groups in total. The molecule has 0 aromatic heterocycles. The maximum absolute atomic E-state index is 11.1. The summed E-state index contributed by atoms with van der Waals surface area (Å²) in [6.07, 6.45) is 1.10. The topological polar surface area (TPSA) is 49.8 Å². The molecule has 174 valence electrons.